The monoisotopic (exact) mass is 367 g/mol. The Morgan fingerprint density at radius 3 is 2.36 bits per heavy atom. The topological polar surface area (TPSA) is 64.9 Å². The van der Waals surface area contributed by atoms with Gasteiger partial charge in [-0.15, -0.1) is 0 Å². The van der Waals surface area contributed by atoms with Crippen molar-refractivity contribution in [3.63, 3.8) is 0 Å². The smallest absolute Gasteiger partial charge is 0.383 e. The second kappa shape index (κ2) is 7.90. The van der Waals surface area contributed by atoms with Gasteiger partial charge in [0, 0.05) is 24.3 Å². The van der Waals surface area contributed by atoms with E-state index in [0.29, 0.717) is 22.8 Å². The molecule has 0 aliphatic heterocycles. The van der Waals surface area contributed by atoms with E-state index in [1.807, 2.05) is 6.07 Å². The number of nitrogens with zero attached hydrogens (tertiary/aromatic N) is 1. The number of alkyl halides is 3. The van der Waals surface area contributed by atoms with Gasteiger partial charge in [0.1, 0.15) is 6.07 Å². The largest absolute Gasteiger partial charge is 0.416 e. The average molecular weight is 368 g/mol. The molecule has 130 valence electrons. The van der Waals surface area contributed by atoms with Crippen molar-refractivity contribution >= 4 is 23.2 Å². The van der Waals surface area contributed by atoms with Gasteiger partial charge in [-0.25, -0.2) is 0 Å². The van der Waals surface area contributed by atoms with Crippen molar-refractivity contribution in [3.05, 3.63) is 64.2 Å². The molecule has 8 heteroatoms. The first kappa shape index (κ1) is 18.6. The van der Waals surface area contributed by atoms with E-state index < -0.39 is 17.6 Å². The van der Waals surface area contributed by atoms with Gasteiger partial charge in [0.25, 0.3) is 5.91 Å². The molecule has 2 rings (SSSR count). The summed E-state index contributed by atoms with van der Waals surface area (Å²) in [7, 11) is 0. The van der Waals surface area contributed by atoms with Gasteiger partial charge >= 0.3 is 6.18 Å². The molecule has 0 radical (unpaired) electrons. The minimum atomic E-state index is -4.43. The molecule has 0 aliphatic rings. The highest BCUT2D eigenvalue weighted by molar-refractivity contribution is 6.32. The van der Waals surface area contributed by atoms with E-state index in [-0.39, 0.29) is 12.1 Å². The first-order valence-corrected chi connectivity index (χ1v) is 7.58. The van der Waals surface area contributed by atoms with Gasteiger partial charge in [-0.2, -0.15) is 18.4 Å². The Balaban J connectivity index is 1.82. The Morgan fingerprint density at radius 1 is 1.12 bits per heavy atom. The van der Waals surface area contributed by atoms with E-state index in [9.17, 15) is 18.0 Å². The highest BCUT2D eigenvalue weighted by Crippen LogP contribution is 2.29. The van der Waals surface area contributed by atoms with Gasteiger partial charge in [-0.1, -0.05) is 11.6 Å². The second-order valence-corrected chi connectivity index (χ2v) is 5.47. The van der Waals surface area contributed by atoms with Crippen LogP contribution in [0, 0.1) is 11.3 Å². The van der Waals surface area contributed by atoms with E-state index >= 15 is 0 Å². The number of hydrogen-bond acceptors (Lipinski definition) is 3. The molecule has 0 fully saturated rings. The lowest BCUT2D eigenvalue weighted by Gasteiger charge is -2.10. The van der Waals surface area contributed by atoms with Crippen LogP contribution in [0.1, 0.15) is 21.5 Å². The van der Waals surface area contributed by atoms with Crippen molar-refractivity contribution in [1.82, 2.24) is 5.32 Å². The summed E-state index contributed by atoms with van der Waals surface area (Å²) in [6, 6.07) is 10.8. The summed E-state index contributed by atoms with van der Waals surface area (Å²) >= 11 is 5.91. The Hall–Kier alpha value is -2.72. The molecule has 0 saturated heterocycles. The van der Waals surface area contributed by atoms with Crippen LogP contribution in [0.4, 0.5) is 18.9 Å². The molecule has 0 aliphatic carbocycles. The van der Waals surface area contributed by atoms with Crippen LogP contribution < -0.4 is 10.6 Å². The Morgan fingerprint density at radius 2 is 1.80 bits per heavy atom. The number of amides is 1. The van der Waals surface area contributed by atoms with E-state index in [1.165, 1.54) is 0 Å². The highest BCUT2D eigenvalue weighted by atomic mass is 35.5. The molecule has 2 aromatic carbocycles. The minimum absolute atomic E-state index is 0.148. The van der Waals surface area contributed by atoms with Crippen LogP contribution in [-0.2, 0) is 6.18 Å². The molecule has 0 aromatic heterocycles. The quantitative estimate of drug-likeness (QED) is 0.783. The zero-order valence-electron chi connectivity index (χ0n) is 12.8. The van der Waals surface area contributed by atoms with Crippen LogP contribution in [-0.4, -0.2) is 19.0 Å². The van der Waals surface area contributed by atoms with Gasteiger partial charge in [-0.3, -0.25) is 4.79 Å². The SMILES string of the molecule is N#Cc1ccc(NCCNC(=O)c2ccc(C(F)(F)F)cc2)cc1Cl. The molecule has 0 atom stereocenters. The first-order chi connectivity index (χ1) is 11.8. The predicted molar refractivity (Wildman–Crippen MR) is 88.4 cm³/mol. The maximum absolute atomic E-state index is 12.5. The molecular weight excluding hydrogens is 355 g/mol. The third-order valence-electron chi connectivity index (χ3n) is 3.30. The third kappa shape index (κ3) is 5.13. The number of carbonyl (C=O) groups excluding carboxylic acids is 1. The van der Waals surface area contributed by atoms with Gasteiger partial charge in [0.15, 0.2) is 0 Å². The number of nitrogens with one attached hydrogen (secondary N) is 2. The Labute approximate surface area is 147 Å². The lowest BCUT2D eigenvalue weighted by atomic mass is 10.1. The zero-order valence-corrected chi connectivity index (χ0v) is 13.6. The molecule has 4 nitrogen and oxygen atoms in total. The summed E-state index contributed by atoms with van der Waals surface area (Å²) in [6.45, 7) is 0.645. The van der Waals surface area contributed by atoms with Crippen molar-refractivity contribution < 1.29 is 18.0 Å². The normalized spacial score (nSPS) is 10.8. The van der Waals surface area contributed by atoms with Crippen molar-refractivity contribution in [2.75, 3.05) is 18.4 Å². The van der Waals surface area contributed by atoms with Crippen LogP contribution in [0.25, 0.3) is 0 Å². The molecule has 2 N–H and O–H groups in total. The van der Waals surface area contributed by atoms with Crippen LogP contribution >= 0.6 is 11.6 Å². The standard InChI is InChI=1S/C17H13ClF3N3O/c18-15-9-14(6-3-12(15)10-22)23-7-8-24-16(25)11-1-4-13(5-2-11)17(19,20)21/h1-6,9,23H,7-8H2,(H,24,25). The Bertz CT molecular complexity index is 798. The van der Waals surface area contributed by atoms with Gasteiger partial charge in [0.05, 0.1) is 16.1 Å². The first-order valence-electron chi connectivity index (χ1n) is 7.20. The van der Waals surface area contributed by atoms with Crippen molar-refractivity contribution in [2.24, 2.45) is 0 Å². The fraction of sp³-hybridized carbons (Fsp3) is 0.176. The van der Waals surface area contributed by atoms with E-state index in [4.69, 9.17) is 16.9 Å². The number of rotatable bonds is 5. The number of halogens is 4. The van der Waals surface area contributed by atoms with Crippen molar-refractivity contribution in [2.45, 2.75) is 6.18 Å². The lowest BCUT2D eigenvalue weighted by Crippen LogP contribution is -2.28. The molecule has 1 amide bonds. The summed E-state index contributed by atoms with van der Waals surface area (Å²) in [5.74, 6) is -0.464. The summed E-state index contributed by atoms with van der Waals surface area (Å²) in [6.07, 6.45) is -4.43. The maximum atomic E-state index is 12.5. The zero-order chi connectivity index (χ0) is 18.4. The molecule has 0 spiro atoms. The molecule has 2 aromatic rings. The van der Waals surface area contributed by atoms with Crippen LogP contribution in [0.3, 0.4) is 0 Å². The molecule has 0 unspecified atom stereocenters. The predicted octanol–water partition coefficient (Wildman–Crippen LogP) is 4.07. The van der Waals surface area contributed by atoms with E-state index in [1.54, 1.807) is 18.2 Å². The highest BCUT2D eigenvalue weighted by Gasteiger charge is 2.30. The summed E-state index contributed by atoms with van der Waals surface area (Å²) in [5.41, 5.74) is 0.397. The second-order valence-electron chi connectivity index (χ2n) is 5.06. The van der Waals surface area contributed by atoms with E-state index in [2.05, 4.69) is 10.6 Å². The molecule has 0 saturated carbocycles. The summed E-state index contributed by atoms with van der Waals surface area (Å²) in [5, 5.41) is 14.7. The number of benzene rings is 2. The third-order valence-corrected chi connectivity index (χ3v) is 3.62. The molecule has 0 bridgehead atoms. The van der Waals surface area contributed by atoms with Crippen molar-refractivity contribution in [3.8, 4) is 6.07 Å². The number of hydrogen-bond donors (Lipinski definition) is 2. The number of carbonyl (C=O) groups is 1. The Kier molecular flexibility index (Phi) is 5.88. The van der Waals surface area contributed by atoms with Gasteiger partial charge in [0.2, 0.25) is 0 Å². The number of anilines is 1. The van der Waals surface area contributed by atoms with Crippen molar-refractivity contribution in [1.29, 1.82) is 5.26 Å². The molecular formula is C17H13ClF3N3O. The average Bonchev–Trinajstić information content (AvgIpc) is 2.58. The van der Waals surface area contributed by atoms with Crippen LogP contribution in [0.2, 0.25) is 5.02 Å². The van der Waals surface area contributed by atoms with Crippen LogP contribution in [0.5, 0.6) is 0 Å². The van der Waals surface area contributed by atoms with Gasteiger partial charge in [-0.05, 0) is 42.5 Å². The lowest BCUT2D eigenvalue weighted by molar-refractivity contribution is -0.137. The molecule has 0 heterocycles. The molecule has 25 heavy (non-hydrogen) atoms. The fourth-order valence-electron chi connectivity index (χ4n) is 2.01. The maximum Gasteiger partial charge on any atom is 0.416 e. The minimum Gasteiger partial charge on any atom is -0.383 e. The summed E-state index contributed by atoms with van der Waals surface area (Å²) in [4.78, 5) is 11.9. The van der Waals surface area contributed by atoms with Gasteiger partial charge < -0.3 is 10.6 Å². The van der Waals surface area contributed by atoms with Crippen LogP contribution in [0.15, 0.2) is 42.5 Å². The fourth-order valence-corrected chi connectivity index (χ4v) is 2.23. The summed E-state index contributed by atoms with van der Waals surface area (Å²) < 4.78 is 37.4. The number of nitriles is 1. The van der Waals surface area contributed by atoms with E-state index in [0.717, 1.165) is 24.3 Å².